The predicted molar refractivity (Wildman–Crippen MR) is 159 cm³/mol. The number of hydrazone groups is 1. The standard InChI is InChI=1S/C33H23Cl2N3O4/c34-19-14-15-25(24(35)16-19)38-31(41)27-26-20-10-4-6-12-22(20)33(28(27)32(38)42,23-13-7-5-11-21(23)26)17-36-37-30(40)29(39)18-8-2-1-3-9-18/h1-17,26-29,39H,(H,37,40)/b36-17-/t26?,27-,28-,29+,33?/m0/s1. The van der Waals surface area contributed by atoms with Crippen molar-refractivity contribution in [3.63, 3.8) is 0 Å². The summed E-state index contributed by atoms with van der Waals surface area (Å²) >= 11 is 12.6. The number of nitrogens with one attached hydrogen (secondary N) is 1. The average molecular weight is 596 g/mol. The molecule has 3 atom stereocenters. The number of hydrogen-bond acceptors (Lipinski definition) is 5. The molecular weight excluding hydrogens is 573 g/mol. The quantitative estimate of drug-likeness (QED) is 0.184. The van der Waals surface area contributed by atoms with Crippen LogP contribution < -0.4 is 10.3 Å². The van der Waals surface area contributed by atoms with Gasteiger partial charge in [-0.15, -0.1) is 0 Å². The van der Waals surface area contributed by atoms with Gasteiger partial charge in [0.1, 0.15) is 0 Å². The van der Waals surface area contributed by atoms with Gasteiger partial charge in [-0.1, -0.05) is 102 Å². The van der Waals surface area contributed by atoms with E-state index in [9.17, 15) is 19.5 Å². The summed E-state index contributed by atoms with van der Waals surface area (Å²) in [5, 5.41) is 15.5. The molecule has 208 valence electrons. The summed E-state index contributed by atoms with van der Waals surface area (Å²) in [6.07, 6.45) is 0.110. The van der Waals surface area contributed by atoms with Gasteiger partial charge >= 0.3 is 0 Å². The summed E-state index contributed by atoms with van der Waals surface area (Å²) < 4.78 is 0. The fraction of sp³-hybridized carbons (Fsp3) is 0.152. The van der Waals surface area contributed by atoms with Crippen LogP contribution in [0.25, 0.3) is 0 Å². The van der Waals surface area contributed by atoms with E-state index in [2.05, 4.69) is 10.5 Å². The highest BCUT2D eigenvalue weighted by atomic mass is 35.5. The first-order valence-corrected chi connectivity index (χ1v) is 14.2. The summed E-state index contributed by atoms with van der Waals surface area (Å²) in [4.78, 5) is 42.7. The zero-order chi connectivity index (χ0) is 29.2. The summed E-state index contributed by atoms with van der Waals surface area (Å²) in [6.45, 7) is 0. The highest BCUT2D eigenvalue weighted by molar-refractivity contribution is 6.38. The Kier molecular flexibility index (Phi) is 6.27. The summed E-state index contributed by atoms with van der Waals surface area (Å²) in [7, 11) is 0. The van der Waals surface area contributed by atoms with Gasteiger partial charge in [-0.05, 0) is 46.0 Å². The van der Waals surface area contributed by atoms with Crippen molar-refractivity contribution < 1.29 is 19.5 Å². The molecule has 7 nitrogen and oxygen atoms in total. The molecule has 4 aromatic rings. The molecule has 2 bridgehead atoms. The van der Waals surface area contributed by atoms with E-state index in [0.717, 1.165) is 22.3 Å². The van der Waals surface area contributed by atoms with Crippen LogP contribution in [0.3, 0.4) is 0 Å². The van der Waals surface area contributed by atoms with Crippen LogP contribution in [-0.4, -0.2) is 29.0 Å². The number of carbonyl (C=O) groups excluding carboxylic acids is 3. The van der Waals surface area contributed by atoms with Crippen LogP contribution in [0.5, 0.6) is 0 Å². The van der Waals surface area contributed by atoms with Crippen LogP contribution in [0, 0.1) is 11.8 Å². The Labute approximate surface area is 251 Å². The fourth-order valence-corrected chi connectivity index (χ4v) is 7.49. The number of anilines is 1. The van der Waals surface area contributed by atoms with E-state index in [4.69, 9.17) is 23.2 Å². The van der Waals surface area contributed by atoms with Gasteiger partial charge in [0.2, 0.25) is 11.8 Å². The second-order valence-corrected chi connectivity index (χ2v) is 11.5. The van der Waals surface area contributed by atoms with E-state index in [1.165, 1.54) is 11.0 Å². The van der Waals surface area contributed by atoms with Gasteiger partial charge in [-0.25, -0.2) is 10.3 Å². The molecule has 4 aliphatic rings. The molecule has 3 amide bonds. The molecule has 3 aliphatic carbocycles. The maximum Gasteiger partial charge on any atom is 0.273 e. The number of amides is 3. The number of aliphatic hydroxyl groups excluding tert-OH is 1. The van der Waals surface area contributed by atoms with Gasteiger partial charge in [0, 0.05) is 17.2 Å². The monoisotopic (exact) mass is 595 g/mol. The van der Waals surface area contributed by atoms with E-state index in [1.807, 2.05) is 48.5 Å². The smallest absolute Gasteiger partial charge is 0.273 e. The minimum atomic E-state index is -1.44. The van der Waals surface area contributed by atoms with Crippen molar-refractivity contribution in [3.8, 4) is 0 Å². The van der Waals surface area contributed by atoms with Crippen molar-refractivity contribution in [2.24, 2.45) is 16.9 Å². The number of rotatable bonds is 5. The lowest BCUT2D eigenvalue weighted by Crippen LogP contribution is -2.54. The molecule has 0 spiro atoms. The van der Waals surface area contributed by atoms with E-state index in [0.29, 0.717) is 10.6 Å². The topological polar surface area (TPSA) is 99.1 Å². The number of nitrogens with zero attached hydrogens (tertiary/aromatic N) is 2. The van der Waals surface area contributed by atoms with E-state index in [1.54, 1.807) is 48.7 Å². The molecule has 1 saturated heterocycles. The molecule has 0 saturated carbocycles. The van der Waals surface area contributed by atoms with E-state index >= 15 is 0 Å². The number of benzene rings is 4. The van der Waals surface area contributed by atoms with Gasteiger partial charge < -0.3 is 5.11 Å². The Morgan fingerprint density at radius 2 is 1.50 bits per heavy atom. The number of carbonyl (C=O) groups is 3. The van der Waals surface area contributed by atoms with E-state index in [-0.39, 0.29) is 22.5 Å². The SMILES string of the molecule is O=C(N/N=C\C12c3ccccc3C(c3ccccc31)[C@@H]1C(=O)N(c3ccc(Cl)cc3Cl)C(=O)[C@H]12)[C@H](O)c1ccccc1. The van der Waals surface area contributed by atoms with E-state index < -0.39 is 35.2 Å². The Hall–Kier alpha value is -4.30. The van der Waals surface area contributed by atoms with Crippen LogP contribution in [0.4, 0.5) is 5.69 Å². The second kappa shape index (κ2) is 9.91. The van der Waals surface area contributed by atoms with Crippen molar-refractivity contribution in [2.75, 3.05) is 4.90 Å². The van der Waals surface area contributed by atoms with Crippen LogP contribution in [0.15, 0.2) is 102 Å². The number of imide groups is 1. The molecular formula is C33H23Cl2N3O4. The van der Waals surface area contributed by atoms with Gasteiger partial charge in [0.05, 0.1) is 28.0 Å². The summed E-state index contributed by atoms with van der Waals surface area (Å²) in [6, 6.07) is 28.6. The van der Waals surface area contributed by atoms with Crippen LogP contribution in [0.1, 0.15) is 39.8 Å². The normalized spacial score (nSPS) is 24.4. The Bertz CT molecular complexity index is 1760. The van der Waals surface area contributed by atoms with Crippen molar-refractivity contribution in [2.45, 2.75) is 17.4 Å². The van der Waals surface area contributed by atoms with Crippen molar-refractivity contribution in [1.29, 1.82) is 0 Å². The molecule has 42 heavy (non-hydrogen) atoms. The van der Waals surface area contributed by atoms with Crippen molar-refractivity contribution in [3.05, 3.63) is 135 Å². The average Bonchev–Trinajstić information content (AvgIpc) is 3.28. The Balaban J connectivity index is 1.38. The maximum absolute atomic E-state index is 14.4. The van der Waals surface area contributed by atoms with Crippen LogP contribution in [-0.2, 0) is 19.8 Å². The van der Waals surface area contributed by atoms with Gasteiger partial charge in [0.25, 0.3) is 5.91 Å². The van der Waals surface area contributed by atoms with Crippen molar-refractivity contribution >= 4 is 52.8 Å². The predicted octanol–water partition coefficient (Wildman–Crippen LogP) is 5.38. The molecule has 8 rings (SSSR count). The van der Waals surface area contributed by atoms with Crippen LogP contribution >= 0.6 is 23.2 Å². The summed E-state index contributed by atoms with van der Waals surface area (Å²) in [5.74, 6) is -3.44. The van der Waals surface area contributed by atoms with Gasteiger partial charge in [-0.2, -0.15) is 5.10 Å². The molecule has 1 aliphatic heterocycles. The van der Waals surface area contributed by atoms with Gasteiger partial charge in [-0.3, -0.25) is 14.4 Å². The largest absolute Gasteiger partial charge is 0.378 e. The highest BCUT2D eigenvalue weighted by Gasteiger charge is 2.68. The Morgan fingerprint density at radius 3 is 2.14 bits per heavy atom. The third-order valence-electron chi connectivity index (χ3n) is 8.64. The third-order valence-corrected chi connectivity index (χ3v) is 9.18. The first-order chi connectivity index (χ1) is 20.3. The molecule has 0 aromatic heterocycles. The molecule has 0 unspecified atom stereocenters. The fourth-order valence-electron chi connectivity index (χ4n) is 7.00. The Morgan fingerprint density at radius 1 is 0.881 bits per heavy atom. The zero-order valence-electron chi connectivity index (χ0n) is 21.9. The van der Waals surface area contributed by atoms with Crippen LogP contribution in [0.2, 0.25) is 10.0 Å². The second-order valence-electron chi connectivity index (χ2n) is 10.7. The number of aliphatic hydroxyl groups is 1. The lowest BCUT2D eigenvalue weighted by atomic mass is 9.47. The highest BCUT2D eigenvalue weighted by Crippen LogP contribution is 2.63. The molecule has 1 fully saturated rings. The van der Waals surface area contributed by atoms with Crippen molar-refractivity contribution in [1.82, 2.24) is 5.43 Å². The number of hydrogen-bond donors (Lipinski definition) is 2. The maximum atomic E-state index is 14.4. The minimum Gasteiger partial charge on any atom is -0.378 e. The lowest BCUT2D eigenvalue weighted by molar-refractivity contribution is -0.129. The first kappa shape index (κ1) is 26.6. The number of halogens is 2. The third kappa shape index (κ3) is 3.71. The molecule has 9 heteroatoms. The first-order valence-electron chi connectivity index (χ1n) is 13.4. The molecule has 4 aromatic carbocycles. The molecule has 2 N–H and O–H groups in total. The zero-order valence-corrected chi connectivity index (χ0v) is 23.5. The lowest BCUT2D eigenvalue weighted by Gasteiger charge is -2.52. The summed E-state index contributed by atoms with van der Waals surface area (Å²) in [5.41, 5.74) is 5.48. The molecule has 1 heterocycles. The van der Waals surface area contributed by atoms with Gasteiger partial charge in [0.15, 0.2) is 6.10 Å². The molecule has 0 radical (unpaired) electrons. The minimum absolute atomic E-state index is 0.190.